The number of carbonyl (C=O) groups is 1. The Bertz CT molecular complexity index is 847. The summed E-state index contributed by atoms with van der Waals surface area (Å²) >= 11 is 3.29. The molecule has 0 radical (unpaired) electrons. The maximum atomic E-state index is 12.2. The summed E-state index contributed by atoms with van der Waals surface area (Å²) in [5.41, 5.74) is 0.281. The maximum absolute atomic E-state index is 12.2. The van der Waals surface area contributed by atoms with E-state index in [1.807, 2.05) is 12.1 Å². The quantitative estimate of drug-likeness (QED) is 0.683. The number of hydrogen-bond donors (Lipinski definition) is 1. The molecule has 0 atom stereocenters. The van der Waals surface area contributed by atoms with E-state index >= 15 is 0 Å². The maximum Gasteiger partial charge on any atom is 0.277 e. The van der Waals surface area contributed by atoms with Crippen LogP contribution in [0.1, 0.15) is 10.5 Å². The smallest absolute Gasteiger partial charge is 0.277 e. The van der Waals surface area contributed by atoms with E-state index in [2.05, 4.69) is 31.3 Å². The van der Waals surface area contributed by atoms with E-state index in [9.17, 15) is 4.79 Å². The molecule has 0 bridgehead atoms. The van der Waals surface area contributed by atoms with Gasteiger partial charge in [0.1, 0.15) is 17.3 Å². The minimum absolute atomic E-state index is 0.191. The van der Waals surface area contributed by atoms with E-state index in [1.54, 1.807) is 49.8 Å². The summed E-state index contributed by atoms with van der Waals surface area (Å²) in [6, 6.07) is 12.3. The minimum atomic E-state index is -0.335. The number of carbonyl (C=O) groups excluding carboxylic acids is 1. The van der Waals surface area contributed by atoms with Crippen LogP contribution in [0.2, 0.25) is 0 Å². The molecule has 128 valence electrons. The third-order valence-corrected chi connectivity index (χ3v) is 3.73. The largest absolute Gasteiger partial charge is 0.497 e. The number of methoxy groups -OCH3 is 1. The predicted octanol–water partition coefficient (Wildman–Crippen LogP) is 3.34. The van der Waals surface area contributed by atoms with E-state index in [0.717, 1.165) is 10.2 Å². The van der Waals surface area contributed by atoms with E-state index < -0.39 is 0 Å². The summed E-state index contributed by atoms with van der Waals surface area (Å²) in [5.74, 6) is 1.56. The van der Waals surface area contributed by atoms with Crippen LogP contribution in [0.15, 0.2) is 59.3 Å². The molecule has 0 aliphatic rings. The molecule has 0 saturated heterocycles. The van der Waals surface area contributed by atoms with E-state index in [0.29, 0.717) is 11.6 Å². The molecule has 2 heterocycles. The first kappa shape index (κ1) is 17.0. The van der Waals surface area contributed by atoms with Crippen molar-refractivity contribution in [3.63, 3.8) is 0 Å². The minimum Gasteiger partial charge on any atom is -0.497 e. The summed E-state index contributed by atoms with van der Waals surface area (Å²) in [7, 11) is 1.61. The van der Waals surface area contributed by atoms with Gasteiger partial charge >= 0.3 is 0 Å². The fourth-order valence-corrected chi connectivity index (χ4v) is 2.23. The number of anilines is 1. The van der Waals surface area contributed by atoms with E-state index in [4.69, 9.17) is 9.47 Å². The van der Waals surface area contributed by atoms with Crippen molar-refractivity contribution in [1.29, 1.82) is 0 Å². The number of ether oxygens (including phenoxy) is 2. The lowest BCUT2D eigenvalue weighted by Crippen LogP contribution is -2.15. The Morgan fingerprint density at radius 2 is 1.92 bits per heavy atom. The molecule has 0 fully saturated rings. The Balaban J connectivity index is 1.57. The Labute approximate surface area is 152 Å². The van der Waals surface area contributed by atoms with Gasteiger partial charge in [-0.2, -0.15) is 5.10 Å². The predicted molar refractivity (Wildman–Crippen MR) is 95.7 cm³/mol. The van der Waals surface area contributed by atoms with E-state index in [1.165, 1.54) is 4.68 Å². The van der Waals surface area contributed by atoms with Crippen LogP contribution in [-0.2, 0) is 6.73 Å². The molecule has 8 heteroatoms. The first-order chi connectivity index (χ1) is 12.1. The van der Waals surface area contributed by atoms with Gasteiger partial charge < -0.3 is 14.8 Å². The molecular weight excluding hydrogens is 388 g/mol. The molecule has 0 saturated carbocycles. The van der Waals surface area contributed by atoms with Crippen molar-refractivity contribution in [2.75, 3.05) is 12.4 Å². The van der Waals surface area contributed by atoms with Crippen molar-refractivity contribution in [1.82, 2.24) is 14.8 Å². The number of halogens is 1. The van der Waals surface area contributed by atoms with Crippen LogP contribution < -0.4 is 14.8 Å². The zero-order valence-corrected chi connectivity index (χ0v) is 14.9. The zero-order valence-electron chi connectivity index (χ0n) is 13.3. The number of nitrogens with one attached hydrogen (secondary N) is 1. The standard InChI is InChI=1S/C17H15BrN4O3/c1-24-13-3-5-14(6-4-13)25-11-22-9-8-15(21-22)17(23)20-16-7-2-12(18)10-19-16/h2-10H,11H2,1H3,(H,19,20,23). The Hall–Kier alpha value is -2.87. The highest BCUT2D eigenvalue weighted by Gasteiger charge is 2.10. The molecule has 3 aromatic rings. The van der Waals surface area contributed by atoms with Crippen molar-refractivity contribution in [3.05, 3.63) is 65.0 Å². The summed E-state index contributed by atoms with van der Waals surface area (Å²) in [6.45, 7) is 0.191. The lowest BCUT2D eigenvalue weighted by atomic mass is 10.3. The monoisotopic (exact) mass is 402 g/mol. The lowest BCUT2D eigenvalue weighted by molar-refractivity contribution is 0.102. The van der Waals surface area contributed by atoms with Gasteiger partial charge in [0, 0.05) is 16.9 Å². The van der Waals surface area contributed by atoms with Gasteiger partial charge in [0.15, 0.2) is 12.4 Å². The molecule has 0 spiro atoms. The average Bonchev–Trinajstić information content (AvgIpc) is 3.11. The lowest BCUT2D eigenvalue weighted by Gasteiger charge is -2.07. The number of aromatic nitrogens is 3. The Morgan fingerprint density at radius 3 is 2.60 bits per heavy atom. The molecule has 0 aliphatic carbocycles. The summed E-state index contributed by atoms with van der Waals surface area (Å²) < 4.78 is 13.1. The van der Waals surface area contributed by atoms with Gasteiger partial charge in [-0.05, 0) is 58.4 Å². The molecule has 3 rings (SSSR count). The van der Waals surface area contributed by atoms with Gasteiger partial charge in [0.2, 0.25) is 0 Å². The second-order valence-corrected chi connectivity index (χ2v) is 5.92. The molecule has 1 aromatic carbocycles. The molecule has 7 nitrogen and oxygen atoms in total. The zero-order chi connectivity index (χ0) is 17.6. The number of rotatable bonds is 6. The van der Waals surface area contributed by atoms with Crippen molar-refractivity contribution in [2.24, 2.45) is 0 Å². The number of benzene rings is 1. The second kappa shape index (κ2) is 7.80. The number of nitrogens with zero attached hydrogens (tertiary/aromatic N) is 3. The molecule has 0 unspecified atom stereocenters. The van der Waals surface area contributed by atoms with Crippen molar-refractivity contribution >= 4 is 27.7 Å². The fourth-order valence-electron chi connectivity index (χ4n) is 2.00. The first-order valence-corrected chi connectivity index (χ1v) is 8.16. The van der Waals surface area contributed by atoms with Gasteiger partial charge in [-0.15, -0.1) is 0 Å². The topological polar surface area (TPSA) is 78.3 Å². The van der Waals surface area contributed by atoms with Gasteiger partial charge in [0.05, 0.1) is 7.11 Å². The van der Waals surface area contributed by atoms with Gasteiger partial charge in [-0.3, -0.25) is 4.79 Å². The SMILES string of the molecule is COc1ccc(OCn2ccc(C(=O)Nc3ccc(Br)cn3)n2)cc1. The highest BCUT2D eigenvalue weighted by molar-refractivity contribution is 9.10. The first-order valence-electron chi connectivity index (χ1n) is 7.37. The van der Waals surface area contributed by atoms with Crippen molar-refractivity contribution < 1.29 is 14.3 Å². The van der Waals surface area contributed by atoms with Crippen LogP contribution in [0.3, 0.4) is 0 Å². The van der Waals surface area contributed by atoms with Crippen LogP contribution in [-0.4, -0.2) is 27.8 Å². The second-order valence-electron chi connectivity index (χ2n) is 5.01. The number of pyridine rings is 1. The molecule has 2 aromatic heterocycles. The molecule has 25 heavy (non-hydrogen) atoms. The van der Waals surface area contributed by atoms with Crippen LogP contribution >= 0.6 is 15.9 Å². The average molecular weight is 403 g/mol. The van der Waals surface area contributed by atoms with Crippen LogP contribution in [0.25, 0.3) is 0 Å². The Morgan fingerprint density at radius 1 is 1.16 bits per heavy atom. The van der Waals surface area contributed by atoms with Gasteiger partial charge in [-0.1, -0.05) is 0 Å². The third-order valence-electron chi connectivity index (χ3n) is 3.27. The van der Waals surface area contributed by atoms with Crippen molar-refractivity contribution in [2.45, 2.75) is 6.73 Å². The summed E-state index contributed by atoms with van der Waals surface area (Å²) in [4.78, 5) is 16.3. The highest BCUT2D eigenvalue weighted by Crippen LogP contribution is 2.17. The normalized spacial score (nSPS) is 10.3. The molecule has 1 N–H and O–H groups in total. The number of amides is 1. The van der Waals surface area contributed by atoms with E-state index in [-0.39, 0.29) is 18.3 Å². The van der Waals surface area contributed by atoms with Gasteiger partial charge in [-0.25, -0.2) is 9.67 Å². The number of hydrogen-bond acceptors (Lipinski definition) is 5. The van der Waals surface area contributed by atoms with Crippen LogP contribution in [0.4, 0.5) is 5.82 Å². The summed E-state index contributed by atoms with van der Waals surface area (Å²) in [5, 5.41) is 6.87. The fraction of sp³-hybridized carbons (Fsp3) is 0.118. The molecular formula is C17H15BrN4O3. The van der Waals surface area contributed by atoms with Crippen molar-refractivity contribution in [3.8, 4) is 11.5 Å². The van der Waals surface area contributed by atoms with Crippen LogP contribution in [0.5, 0.6) is 11.5 Å². The third kappa shape index (κ3) is 4.57. The van der Waals surface area contributed by atoms with Crippen LogP contribution in [0, 0.1) is 0 Å². The molecule has 1 amide bonds. The highest BCUT2D eigenvalue weighted by atomic mass is 79.9. The summed E-state index contributed by atoms with van der Waals surface area (Å²) in [6.07, 6.45) is 3.28. The Kier molecular flexibility index (Phi) is 5.30. The van der Waals surface area contributed by atoms with Gasteiger partial charge in [0.25, 0.3) is 5.91 Å². The molecule has 0 aliphatic heterocycles.